The lowest BCUT2D eigenvalue weighted by Gasteiger charge is -2.24. The van der Waals surface area contributed by atoms with Gasteiger partial charge in [0, 0.05) is 6.20 Å². The molecule has 2 aliphatic heterocycles. The number of nitrogens with two attached hydrogens (primary N) is 2. The normalized spacial score (nSPS) is 26.6. The molecule has 46 heavy (non-hydrogen) atoms. The van der Waals surface area contributed by atoms with Gasteiger partial charge in [-0.15, -0.1) is 0 Å². The van der Waals surface area contributed by atoms with Gasteiger partial charge in [-0.2, -0.15) is 4.98 Å². The van der Waals surface area contributed by atoms with Crippen LogP contribution in [0.1, 0.15) is 25.3 Å². The van der Waals surface area contributed by atoms with Gasteiger partial charge in [0.05, 0.1) is 42.9 Å². The van der Waals surface area contributed by atoms with Crippen molar-refractivity contribution >= 4 is 49.3 Å². The zero-order chi connectivity index (χ0) is 33.0. The molecule has 2 aliphatic rings. The fourth-order valence-electron chi connectivity index (χ4n) is 5.16. The second kappa shape index (κ2) is 12.2. The lowest BCUT2D eigenvalue weighted by molar-refractivity contribution is -0.0539. The summed E-state index contributed by atoms with van der Waals surface area (Å²) in [5, 5.41) is 11.1. The SMILES string of the molecule is Nc1nc2c(ncn2[C@@H]2O[C@H](COP(=O)(O)O)C(O)C2OP(=O)(O)OC[C@@H]2CC[C@H](n3cnc4c(N)cncc4c3=O)O2)c(=O)[nH]1. The largest absolute Gasteiger partial charge is 0.472 e. The van der Waals surface area contributed by atoms with Gasteiger partial charge in [0.2, 0.25) is 5.95 Å². The van der Waals surface area contributed by atoms with Crippen LogP contribution in [0.2, 0.25) is 0 Å². The Morgan fingerprint density at radius 3 is 2.50 bits per heavy atom. The van der Waals surface area contributed by atoms with E-state index in [2.05, 4.69) is 29.4 Å². The van der Waals surface area contributed by atoms with E-state index in [9.17, 15) is 28.7 Å². The third kappa shape index (κ3) is 6.46. The van der Waals surface area contributed by atoms with E-state index in [1.807, 2.05) is 0 Å². The molecule has 24 heteroatoms. The smallest absolute Gasteiger partial charge is 0.396 e. The average Bonchev–Trinajstić information content (AvgIpc) is 3.69. The van der Waals surface area contributed by atoms with Crippen molar-refractivity contribution in [1.82, 2.24) is 34.1 Å². The van der Waals surface area contributed by atoms with Gasteiger partial charge in [0.25, 0.3) is 11.1 Å². The Labute approximate surface area is 255 Å². The number of phosphoric ester groups is 2. The number of pyridine rings is 1. The van der Waals surface area contributed by atoms with Crippen LogP contribution in [0.5, 0.6) is 0 Å². The van der Waals surface area contributed by atoms with Crippen molar-refractivity contribution in [1.29, 1.82) is 0 Å². The van der Waals surface area contributed by atoms with E-state index >= 15 is 0 Å². The summed E-state index contributed by atoms with van der Waals surface area (Å²) in [7, 11) is -10.0. The number of phosphoric acid groups is 2. The lowest BCUT2D eigenvalue weighted by atomic mass is 10.1. The molecule has 9 N–H and O–H groups in total. The molecule has 2 fully saturated rings. The first-order valence-electron chi connectivity index (χ1n) is 13.4. The van der Waals surface area contributed by atoms with Crippen LogP contribution in [0.4, 0.5) is 11.6 Å². The summed E-state index contributed by atoms with van der Waals surface area (Å²) in [6, 6.07) is 0. The number of nitrogen functional groups attached to an aromatic ring is 2. The van der Waals surface area contributed by atoms with E-state index in [0.29, 0.717) is 12.8 Å². The van der Waals surface area contributed by atoms with Crippen molar-refractivity contribution in [3.05, 3.63) is 45.8 Å². The molecule has 0 bridgehead atoms. The number of ether oxygens (including phenoxy) is 2. The molecule has 7 atom stereocenters. The van der Waals surface area contributed by atoms with Crippen molar-refractivity contribution < 1.29 is 52.0 Å². The van der Waals surface area contributed by atoms with E-state index in [0.717, 1.165) is 10.9 Å². The molecule has 6 rings (SSSR count). The van der Waals surface area contributed by atoms with Gasteiger partial charge in [-0.25, -0.2) is 19.1 Å². The van der Waals surface area contributed by atoms with Crippen LogP contribution in [0, 0.1) is 0 Å². The van der Waals surface area contributed by atoms with Crippen LogP contribution in [0.15, 0.2) is 34.6 Å². The van der Waals surface area contributed by atoms with Gasteiger partial charge >= 0.3 is 15.6 Å². The average molecular weight is 687 g/mol. The number of H-pyrrole nitrogens is 1. The zero-order valence-electron chi connectivity index (χ0n) is 23.3. The highest BCUT2D eigenvalue weighted by molar-refractivity contribution is 7.47. The Kier molecular flexibility index (Phi) is 8.54. The number of fused-ring (bicyclic) bond motifs is 2. The highest BCUT2D eigenvalue weighted by Gasteiger charge is 2.50. The third-order valence-corrected chi connectivity index (χ3v) is 8.71. The van der Waals surface area contributed by atoms with Crippen LogP contribution >= 0.6 is 15.6 Å². The monoisotopic (exact) mass is 687 g/mol. The first-order chi connectivity index (χ1) is 21.7. The maximum atomic E-state index is 13.1. The van der Waals surface area contributed by atoms with E-state index in [1.165, 1.54) is 23.3 Å². The predicted molar refractivity (Wildman–Crippen MR) is 152 cm³/mol. The number of hydrogen-bond acceptors (Lipinski definition) is 16. The number of aliphatic hydroxyl groups is 1. The first-order valence-corrected chi connectivity index (χ1v) is 16.4. The topological polar surface area (TPSA) is 325 Å². The summed E-state index contributed by atoms with van der Waals surface area (Å²) in [5.74, 6) is -0.301. The Morgan fingerprint density at radius 1 is 1.00 bits per heavy atom. The fourth-order valence-corrected chi connectivity index (χ4v) is 6.45. The maximum absolute atomic E-state index is 13.1. The van der Waals surface area contributed by atoms with Crippen molar-refractivity contribution in [3.8, 4) is 0 Å². The Hall–Kier alpha value is -3.66. The molecule has 0 radical (unpaired) electrons. The minimum absolute atomic E-state index is 0.153. The summed E-state index contributed by atoms with van der Waals surface area (Å²) in [6.07, 6.45) is -2.46. The Bertz CT molecular complexity index is 2000. The molecule has 3 unspecified atom stereocenters. The van der Waals surface area contributed by atoms with Crippen LogP contribution in [0.3, 0.4) is 0 Å². The van der Waals surface area contributed by atoms with Crippen molar-refractivity contribution in [2.24, 2.45) is 0 Å². The number of aromatic nitrogens is 7. The standard InChI is InChI=1S/C22H27N9O13P2/c23-11-4-25-3-10-14(11)26-7-30(20(10)34)13-2-1-9(42-13)5-41-46(38,39)44-17-16(32)12(6-40-45(35,36)37)43-21(17)31-8-27-15-18(31)28-22(24)29-19(15)33/h3-4,7-9,12-13,16-17,21,32H,1-2,5-6,23H2,(H,38,39)(H2,35,36,37)(H3,24,28,29,33)/t9-,12+,13+,16?,17?,21+/m0/s1. The predicted octanol–water partition coefficient (Wildman–Crippen LogP) is -1.36. The summed E-state index contributed by atoms with van der Waals surface area (Å²) in [4.78, 5) is 72.4. The van der Waals surface area contributed by atoms with Crippen molar-refractivity contribution in [2.75, 3.05) is 24.7 Å². The highest BCUT2D eigenvalue weighted by atomic mass is 31.2. The fraction of sp³-hybridized carbons (Fsp3) is 0.455. The van der Waals surface area contributed by atoms with E-state index in [-0.39, 0.29) is 33.7 Å². The number of hydrogen-bond donors (Lipinski definition) is 7. The molecular weight excluding hydrogens is 660 g/mol. The Morgan fingerprint density at radius 2 is 1.74 bits per heavy atom. The second-order valence-corrected chi connectivity index (χ2v) is 13.0. The number of nitrogens with one attached hydrogen (secondary N) is 1. The molecule has 0 aliphatic carbocycles. The summed E-state index contributed by atoms with van der Waals surface area (Å²) < 4.78 is 53.1. The summed E-state index contributed by atoms with van der Waals surface area (Å²) >= 11 is 0. The van der Waals surface area contributed by atoms with E-state index in [4.69, 9.17) is 39.8 Å². The molecule has 6 heterocycles. The van der Waals surface area contributed by atoms with E-state index < -0.39 is 76.8 Å². The molecule has 4 aromatic rings. The molecule has 0 saturated carbocycles. The van der Waals surface area contributed by atoms with Gasteiger partial charge in [-0.1, -0.05) is 0 Å². The van der Waals surface area contributed by atoms with Crippen LogP contribution in [0.25, 0.3) is 22.1 Å². The highest BCUT2D eigenvalue weighted by Crippen LogP contribution is 2.50. The number of aromatic amines is 1. The maximum Gasteiger partial charge on any atom is 0.472 e. The number of imidazole rings is 1. The van der Waals surface area contributed by atoms with Crippen LogP contribution < -0.4 is 22.6 Å². The molecule has 0 spiro atoms. The summed E-state index contributed by atoms with van der Waals surface area (Å²) in [6.45, 7) is -1.33. The number of nitrogens with zero attached hydrogens (tertiary/aromatic N) is 6. The van der Waals surface area contributed by atoms with Crippen molar-refractivity contribution in [2.45, 2.75) is 49.7 Å². The third-order valence-electron chi connectivity index (χ3n) is 7.24. The minimum Gasteiger partial charge on any atom is -0.396 e. The molecule has 4 aromatic heterocycles. The molecule has 248 valence electrons. The molecule has 22 nitrogen and oxygen atoms in total. The second-order valence-electron chi connectivity index (χ2n) is 10.3. The summed E-state index contributed by atoms with van der Waals surface area (Å²) in [5.41, 5.74) is 10.5. The van der Waals surface area contributed by atoms with Gasteiger partial charge in [-0.3, -0.25) is 42.3 Å². The van der Waals surface area contributed by atoms with Crippen LogP contribution in [-0.2, 0) is 32.2 Å². The van der Waals surface area contributed by atoms with Gasteiger partial charge in [0.15, 0.2) is 17.4 Å². The number of aliphatic hydroxyl groups excluding tert-OH is 1. The van der Waals surface area contributed by atoms with E-state index in [1.54, 1.807) is 0 Å². The van der Waals surface area contributed by atoms with Crippen LogP contribution in [-0.4, -0.2) is 91.5 Å². The van der Waals surface area contributed by atoms with Gasteiger partial charge < -0.3 is 40.7 Å². The quantitative estimate of drug-likeness (QED) is 0.0946. The number of rotatable bonds is 10. The zero-order valence-corrected chi connectivity index (χ0v) is 25.1. The lowest BCUT2D eigenvalue weighted by Crippen LogP contribution is -2.35. The first kappa shape index (κ1) is 32.3. The molecular formula is C22H27N9O13P2. The minimum atomic E-state index is -5.03. The van der Waals surface area contributed by atoms with Crippen molar-refractivity contribution in [3.63, 3.8) is 0 Å². The number of anilines is 2. The molecule has 0 aromatic carbocycles. The Balaban J connectivity index is 1.17. The van der Waals surface area contributed by atoms with Gasteiger partial charge in [0.1, 0.15) is 36.4 Å². The van der Waals surface area contributed by atoms with Gasteiger partial charge in [-0.05, 0) is 12.8 Å². The molecule has 0 amide bonds. The molecule has 2 saturated heterocycles.